The Morgan fingerprint density at radius 2 is 2.09 bits per heavy atom. The van der Waals surface area contributed by atoms with Gasteiger partial charge in [0, 0.05) is 49.7 Å². The van der Waals surface area contributed by atoms with Crippen LogP contribution in [-0.4, -0.2) is 42.2 Å². The van der Waals surface area contributed by atoms with Crippen molar-refractivity contribution >= 4 is 5.69 Å². The molecule has 122 valence electrons. The summed E-state index contributed by atoms with van der Waals surface area (Å²) in [5, 5.41) is 3.52. The Morgan fingerprint density at radius 1 is 1.26 bits per heavy atom. The van der Waals surface area contributed by atoms with Gasteiger partial charge in [0.25, 0.3) is 0 Å². The second-order valence-electron chi connectivity index (χ2n) is 6.04. The molecule has 1 saturated heterocycles. The molecule has 1 aromatic carbocycles. The monoisotopic (exact) mass is 311 g/mol. The van der Waals surface area contributed by atoms with Gasteiger partial charge in [-0.05, 0) is 38.0 Å². The lowest BCUT2D eigenvalue weighted by atomic mass is 10.0. The first-order valence-electron chi connectivity index (χ1n) is 8.35. The van der Waals surface area contributed by atoms with Gasteiger partial charge in [0.05, 0.1) is 5.69 Å². The van der Waals surface area contributed by atoms with Gasteiger partial charge in [0.1, 0.15) is 5.82 Å². The van der Waals surface area contributed by atoms with E-state index in [1.807, 2.05) is 19.2 Å². The second kappa shape index (κ2) is 7.53. The van der Waals surface area contributed by atoms with Crippen LogP contribution >= 0.6 is 0 Å². The average molecular weight is 311 g/mol. The molecule has 0 atom stereocenters. The molecule has 5 nitrogen and oxygen atoms in total. The van der Waals surface area contributed by atoms with Crippen LogP contribution in [-0.2, 0) is 0 Å². The molecule has 1 aliphatic heterocycles. The Bertz CT molecular complexity index is 635. The van der Waals surface area contributed by atoms with Crippen LogP contribution in [0, 0.1) is 6.92 Å². The van der Waals surface area contributed by atoms with Crippen molar-refractivity contribution < 1.29 is 0 Å². The topological polar surface area (TPSA) is 67.1 Å². The summed E-state index contributed by atoms with van der Waals surface area (Å²) < 4.78 is 0. The number of benzene rings is 1. The number of nitrogens with zero attached hydrogens (tertiary/aromatic N) is 3. The molecule has 1 aromatic heterocycles. The zero-order valence-electron chi connectivity index (χ0n) is 13.7. The highest BCUT2D eigenvalue weighted by molar-refractivity contribution is 5.65. The van der Waals surface area contributed by atoms with Crippen molar-refractivity contribution in [1.82, 2.24) is 15.3 Å². The fourth-order valence-corrected chi connectivity index (χ4v) is 3.11. The highest BCUT2D eigenvalue weighted by atomic mass is 15.1. The predicted octanol–water partition coefficient (Wildman–Crippen LogP) is 1.97. The number of nitrogens with two attached hydrogens (primary N) is 1. The van der Waals surface area contributed by atoms with E-state index in [1.165, 1.54) is 5.69 Å². The highest BCUT2D eigenvalue weighted by Crippen LogP contribution is 2.25. The van der Waals surface area contributed by atoms with E-state index < -0.39 is 0 Å². The molecule has 3 N–H and O–H groups in total. The molecule has 23 heavy (non-hydrogen) atoms. The maximum absolute atomic E-state index is 5.56. The highest BCUT2D eigenvalue weighted by Gasteiger charge is 2.19. The van der Waals surface area contributed by atoms with Crippen molar-refractivity contribution in [1.29, 1.82) is 0 Å². The number of nitrogens with one attached hydrogen (secondary N) is 1. The number of rotatable bonds is 5. The fraction of sp³-hybridized carbons (Fsp3) is 0.444. The minimum absolute atomic E-state index is 0.600. The molecular formula is C18H25N5. The Hall–Kier alpha value is -1.98. The van der Waals surface area contributed by atoms with Gasteiger partial charge in [-0.2, -0.15) is 0 Å². The van der Waals surface area contributed by atoms with E-state index in [9.17, 15) is 0 Å². The van der Waals surface area contributed by atoms with Gasteiger partial charge in [-0.3, -0.25) is 0 Å². The van der Waals surface area contributed by atoms with E-state index in [0.717, 1.165) is 49.6 Å². The van der Waals surface area contributed by atoms with E-state index in [0.29, 0.717) is 12.6 Å². The summed E-state index contributed by atoms with van der Waals surface area (Å²) in [6.07, 6.45) is 4.15. The van der Waals surface area contributed by atoms with Crippen LogP contribution in [0.4, 0.5) is 5.69 Å². The van der Waals surface area contributed by atoms with Gasteiger partial charge in [0.15, 0.2) is 0 Å². The van der Waals surface area contributed by atoms with Crippen molar-refractivity contribution in [2.75, 3.05) is 31.1 Å². The Morgan fingerprint density at radius 3 is 2.83 bits per heavy atom. The number of aryl methyl sites for hydroxylation is 1. The summed E-state index contributed by atoms with van der Waals surface area (Å²) in [5.41, 5.74) is 8.97. The summed E-state index contributed by atoms with van der Waals surface area (Å²) in [7, 11) is 0. The molecule has 3 rings (SSSR count). The van der Waals surface area contributed by atoms with E-state index in [-0.39, 0.29) is 0 Å². The molecule has 0 amide bonds. The zero-order valence-corrected chi connectivity index (χ0v) is 13.7. The summed E-state index contributed by atoms with van der Waals surface area (Å²) >= 11 is 0. The molecule has 0 aliphatic carbocycles. The molecule has 2 heterocycles. The molecule has 1 aliphatic rings. The summed E-state index contributed by atoms with van der Waals surface area (Å²) in [6.45, 7) is 5.70. The van der Waals surface area contributed by atoms with Crippen LogP contribution in [0.1, 0.15) is 18.7 Å². The standard InChI is InChI=1S/C18H25N5/c1-14-20-9-5-18(22-14)15-3-2-4-17(13-15)23-11-6-16(7-12-23)21-10-8-19/h2-5,9,13,16,21H,6-8,10-12,19H2,1H3. The van der Waals surface area contributed by atoms with Crippen LogP contribution in [0.2, 0.25) is 0 Å². The van der Waals surface area contributed by atoms with E-state index in [2.05, 4.69) is 44.5 Å². The molecule has 1 fully saturated rings. The average Bonchev–Trinajstić information content (AvgIpc) is 2.60. The molecule has 0 spiro atoms. The van der Waals surface area contributed by atoms with Gasteiger partial charge in [-0.25, -0.2) is 9.97 Å². The molecule has 0 radical (unpaired) electrons. The normalized spacial score (nSPS) is 15.8. The molecule has 5 heteroatoms. The number of anilines is 1. The lowest BCUT2D eigenvalue weighted by Crippen LogP contribution is -2.43. The van der Waals surface area contributed by atoms with Crippen molar-refractivity contribution in [3.8, 4) is 11.3 Å². The van der Waals surface area contributed by atoms with Crippen LogP contribution in [0.3, 0.4) is 0 Å². The largest absolute Gasteiger partial charge is 0.371 e. The third-order valence-corrected chi connectivity index (χ3v) is 4.36. The van der Waals surface area contributed by atoms with Gasteiger partial charge in [-0.15, -0.1) is 0 Å². The first-order valence-corrected chi connectivity index (χ1v) is 8.35. The quantitative estimate of drug-likeness (QED) is 0.884. The van der Waals surface area contributed by atoms with Crippen LogP contribution < -0.4 is 16.0 Å². The van der Waals surface area contributed by atoms with Gasteiger partial charge < -0.3 is 16.0 Å². The number of piperidine rings is 1. The molecular weight excluding hydrogens is 286 g/mol. The maximum atomic E-state index is 5.56. The van der Waals surface area contributed by atoms with Crippen LogP contribution in [0.15, 0.2) is 36.5 Å². The Balaban J connectivity index is 1.69. The smallest absolute Gasteiger partial charge is 0.125 e. The third-order valence-electron chi connectivity index (χ3n) is 4.36. The SMILES string of the molecule is Cc1nccc(-c2cccc(N3CCC(NCCN)CC3)c2)n1. The minimum atomic E-state index is 0.600. The van der Waals surface area contributed by atoms with Crippen LogP contribution in [0.25, 0.3) is 11.3 Å². The summed E-state index contributed by atoms with van der Waals surface area (Å²) in [4.78, 5) is 11.2. The van der Waals surface area contributed by atoms with Crippen molar-refractivity contribution in [3.63, 3.8) is 0 Å². The maximum Gasteiger partial charge on any atom is 0.125 e. The summed E-state index contributed by atoms with van der Waals surface area (Å²) in [6, 6.07) is 11.2. The zero-order chi connectivity index (χ0) is 16.1. The second-order valence-corrected chi connectivity index (χ2v) is 6.04. The van der Waals surface area contributed by atoms with E-state index in [1.54, 1.807) is 0 Å². The van der Waals surface area contributed by atoms with Crippen molar-refractivity contribution in [2.24, 2.45) is 5.73 Å². The number of aromatic nitrogens is 2. The molecule has 2 aromatic rings. The van der Waals surface area contributed by atoms with Crippen molar-refractivity contribution in [3.05, 3.63) is 42.4 Å². The Kier molecular flexibility index (Phi) is 5.20. The minimum Gasteiger partial charge on any atom is -0.371 e. The predicted molar refractivity (Wildman–Crippen MR) is 94.5 cm³/mol. The van der Waals surface area contributed by atoms with Gasteiger partial charge in [0.2, 0.25) is 0 Å². The van der Waals surface area contributed by atoms with Crippen molar-refractivity contribution in [2.45, 2.75) is 25.8 Å². The number of hydrogen-bond donors (Lipinski definition) is 2. The molecule has 0 saturated carbocycles. The summed E-state index contributed by atoms with van der Waals surface area (Å²) in [5.74, 6) is 0.805. The van der Waals surface area contributed by atoms with E-state index >= 15 is 0 Å². The van der Waals surface area contributed by atoms with Gasteiger partial charge >= 0.3 is 0 Å². The first kappa shape index (κ1) is 15.9. The van der Waals surface area contributed by atoms with E-state index in [4.69, 9.17) is 5.73 Å². The third kappa shape index (κ3) is 4.06. The lowest BCUT2D eigenvalue weighted by molar-refractivity contribution is 0.420. The van der Waals surface area contributed by atoms with Gasteiger partial charge in [-0.1, -0.05) is 12.1 Å². The Labute approximate surface area is 137 Å². The van der Waals surface area contributed by atoms with Crippen LogP contribution in [0.5, 0.6) is 0 Å². The fourth-order valence-electron chi connectivity index (χ4n) is 3.11. The molecule has 0 unspecified atom stereocenters. The molecule has 0 bridgehead atoms. The lowest BCUT2D eigenvalue weighted by Gasteiger charge is -2.34. The number of hydrogen-bond acceptors (Lipinski definition) is 5. The first-order chi connectivity index (χ1) is 11.3.